The molecule has 0 unspecified atom stereocenters. The van der Waals surface area contributed by atoms with Crippen LogP contribution in [0.4, 0.5) is 5.69 Å². The number of para-hydroxylation sites is 1. The number of aryl methyl sites for hydroxylation is 2. The number of hydrogen-bond donors (Lipinski definition) is 1. The summed E-state index contributed by atoms with van der Waals surface area (Å²) >= 11 is 0. The number of hydrogen-bond acceptors (Lipinski definition) is 1. The second-order valence-electron chi connectivity index (χ2n) is 6.06. The SMILES string of the molecule is Cc1cccc(C)c1NC(=O)/C(=C/c1ccccc1)c1ccccc1. The minimum absolute atomic E-state index is 0.104. The van der Waals surface area contributed by atoms with Gasteiger partial charge in [0, 0.05) is 11.3 Å². The molecule has 1 N–H and O–H groups in total. The van der Waals surface area contributed by atoms with Gasteiger partial charge in [-0.3, -0.25) is 4.79 Å². The fraction of sp³-hybridized carbons (Fsp3) is 0.0870. The minimum atomic E-state index is -0.104. The monoisotopic (exact) mass is 327 g/mol. The summed E-state index contributed by atoms with van der Waals surface area (Å²) in [7, 11) is 0. The Morgan fingerprint density at radius 3 is 1.92 bits per heavy atom. The standard InChI is InChI=1S/C23H21NO/c1-17-10-9-11-18(2)22(17)24-23(25)21(20-14-7-4-8-15-20)16-19-12-5-3-6-13-19/h3-16H,1-2H3,(H,24,25)/b21-16+. The highest BCUT2D eigenvalue weighted by Gasteiger charge is 2.14. The summed E-state index contributed by atoms with van der Waals surface area (Å²) in [6.45, 7) is 4.01. The van der Waals surface area contributed by atoms with Gasteiger partial charge >= 0.3 is 0 Å². The predicted molar refractivity (Wildman–Crippen MR) is 105 cm³/mol. The van der Waals surface area contributed by atoms with Crippen LogP contribution in [0.2, 0.25) is 0 Å². The zero-order valence-corrected chi connectivity index (χ0v) is 14.5. The van der Waals surface area contributed by atoms with Gasteiger partial charge in [0.15, 0.2) is 0 Å². The number of nitrogens with one attached hydrogen (secondary N) is 1. The van der Waals surface area contributed by atoms with Crippen LogP contribution < -0.4 is 5.32 Å². The van der Waals surface area contributed by atoms with Gasteiger partial charge in [0.1, 0.15) is 0 Å². The van der Waals surface area contributed by atoms with E-state index in [0.717, 1.165) is 27.9 Å². The van der Waals surface area contributed by atoms with Gasteiger partial charge in [-0.15, -0.1) is 0 Å². The summed E-state index contributed by atoms with van der Waals surface area (Å²) in [5, 5.41) is 3.09. The molecule has 2 heteroatoms. The Labute approximate surface area is 148 Å². The van der Waals surface area contributed by atoms with E-state index < -0.39 is 0 Å². The van der Waals surface area contributed by atoms with Crippen LogP contribution >= 0.6 is 0 Å². The van der Waals surface area contributed by atoms with Crippen LogP contribution in [0.5, 0.6) is 0 Å². The van der Waals surface area contributed by atoms with Crippen molar-refractivity contribution in [3.8, 4) is 0 Å². The fourth-order valence-corrected chi connectivity index (χ4v) is 2.81. The molecule has 25 heavy (non-hydrogen) atoms. The molecule has 3 rings (SSSR count). The molecule has 0 saturated heterocycles. The highest BCUT2D eigenvalue weighted by atomic mass is 16.1. The van der Waals surface area contributed by atoms with E-state index in [9.17, 15) is 4.79 Å². The Bertz CT molecular complexity index is 876. The van der Waals surface area contributed by atoms with Crippen LogP contribution in [-0.2, 0) is 4.79 Å². The first kappa shape index (κ1) is 16.7. The molecule has 0 aliphatic rings. The summed E-state index contributed by atoms with van der Waals surface area (Å²) in [5.41, 5.74) is 5.53. The first-order valence-corrected chi connectivity index (χ1v) is 8.35. The van der Waals surface area contributed by atoms with Crippen LogP contribution in [0.1, 0.15) is 22.3 Å². The fourth-order valence-electron chi connectivity index (χ4n) is 2.81. The van der Waals surface area contributed by atoms with Crippen molar-refractivity contribution in [3.63, 3.8) is 0 Å². The zero-order chi connectivity index (χ0) is 17.6. The average Bonchev–Trinajstić information content (AvgIpc) is 2.64. The molecule has 2 nitrogen and oxygen atoms in total. The van der Waals surface area contributed by atoms with Crippen molar-refractivity contribution in [2.24, 2.45) is 0 Å². The molecule has 0 fully saturated rings. The van der Waals surface area contributed by atoms with Crippen molar-refractivity contribution < 1.29 is 4.79 Å². The minimum Gasteiger partial charge on any atom is -0.321 e. The molecule has 1 amide bonds. The van der Waals surface area contributed by atoms with Gasteiger partial charge in [0.2, 0.25) is 0 Å². The quantitative estimate of drug-likeness (QED) is 0.499. The second-order valence-corrected chi connectivity index (χ2v) is 6.06. The molecular formula is C23H21NO. The van der Waals surface area contributed by atoms with Crippen molar-refractivity contribution in [3.05, 3.63) is 101 Å². The molecule has 0 spiro atoms. The van der Waals surface area contributed by atoms with E-state index in [1.807, 2.05) is 98.8 Å². The van der Waals surface area contributed by atoms with Crippen molar-refractivity contribution >= 4 is 23.2 Å². The lowest BCUT2D eigenvalue weighted by Crippen LogP contribution is -2.15. The highest BCUT2D eigenvalue weighted by molar-refractivity contribution is 6.29. The molecule has 0 aromatic heterocycles. The molecule has 3 aromatic rings. The zero-order valence-electron chi connectivity index (χ0n) is 14.5. The lowest BCUT2D eigenvalue weighted by Gasteiger charge is -2.14. The van der Waals surface area contributed by atoms with Gasteiger partial charge in [-0.1, -0.05) is 78.9 Å². The second kappa shape index (κ2) is 7.63. The third kappa shape index (κ3) is 4.04. The van der Waals surface area contributed by atoms with E-state index in [4.69, 9.17) is 0 Å². The number of carbonyl (C=O) groups excluding carboxylic acids is 1. The Morgan fingerprint density at radius 2 is 1.32 bits per heavy atom. The van der Waals surface area contributed by atoms with Crippen LogP contribution in [-0.4, -0.2) is 5.91 Å². The van der Waals surface area contributed by atoms with Gasteiger partial charge < -0.3 is 5.32 Å². The summed E-state index contributed by atoms with van der Waals surface area (Å²) < 4.78 is 0. The molecule has 0 bridgehead atoms. The maximum atomic E-state index is 13.0. The summed E-state index contributed by atoms with van der Waals surface area (Å²) in [6.07, 6.45) is 1.93. The molecule has 0 radical (unpaired) electrons. The molecule has 0 atom stereocenters. The maximum Gasteiger partial charge on any atom is 0.256 e. The topological polar surface area (TPSA) is 29.1 Å². The third-order valence-corrected chi connectivity index (χ3v) is 4.16. The van der Waals surface area contributed by atoms with Crippen molar-refractivity contribution in [2.75, 3.05) is 5.32 Å². The molecule has 0 aliphatic carbocycles. The van der Waals surface area contributed by atoms with Gasteiger partial charge in [-0.05, 0) is 42.2 Å². The number of rotatable bonds is 4. The van der Waals surface area contributed by atoms with Crippen LogP contribution in [0.25, 0.3) is 11.6 Å². The predicted octanol–water partition coefficient (Wildman–Crippen LogP) is 5.48. The van der Waals surface area contributed by atoms with Gasteiger partial charge in [0.25, 0.3) is 5.91 Å². The Balaban J connectivity index is 2.00. The van der Waals surface area contributed by atoms with Crippen molar-refractivity contribution in [2.45, 2.75) is 13.8 Å². The van der Waals surface area contributed by atoms with Crippen LogP contribution in [0, 0.1) is 13.8 Å². The van der Waals surface area contributed by atoms with E-state index in [2.05, 4.69) is 5.32 Å². The Morgan fingerprint density at radius 1 is 0.760 bits per heavy atom. The van der Waals surface area contributed by atoms with Gasteiger partial charge in [-0.2, -0.15) is 0 Å². The smallest absolute Gasteiger partial charge is 0.256 e. The first-order valence-electron chi connectivity index (χ1n) is 8.35. The summed E-state index contributed by atoms with van der Waals surface area (Å²) in [6, 6.07) is 25.7. The van der Waals surface area contributed by atoms with Crippen molar-refractivity contribution in [1.29, 1.82) is 0 Å². The molecule has 0 aliphatic heterocycles. The molecule has 0 saturated carbocycles. The summed E-state index contributed by atoms with van der Waals surface area (Å²) in [5.74, 6) is -0.104. The van der Waals surface area contributed by atoms with Gasteiger partial charge in [-0.25, -0.2) is 0 Å². The Kier molecular flexibility index (Phi) is 5.10. The number of amides is 1. The Hall–Kier alpha value is -3.13. The third-order valence-electron chi connectivity index (χ3n) is 4.16. The largest absolute Gasteiger partial charge is 0.321 e. The lowest BCUT2D eigenvalue weighted by molar-refractivity contribution is -0.111. The molecule has 3 aromatic carbocycles. The molecular weight excluding hydrogens is 306 g/mol. The van der Waals surface area contributed by atoms with Crippen molar-refractivity contribution in [1.82, 2.24) is 0 Å². The highest BCUT2D eigenvalue weighted by Crippen LogP contribution is 2.24. The summed E-state index contributed by atoms with van der Waals surface area (Å²) in [4.78, 5) is 13.0. The first-order chi connectivity index (χ1) is 12.1. The lowest BCUT2D eigenvalue weighted by atomic mass is 10.0. The van der Waals surface area contributed by atoms with E-state index in [1.54, 1.807) is 0 Å². The molecule has 124 valence electrons. The number of carbonyl (C=O) groups is 1. The van der Waals surface area contributed by atoms with E-state index >= 15 is 0 Å². The number of anilines is 1. The number of benzene rings is 3. The van der Waals surface area contributed by atoms with E-state index in [0.29, 0.717) is 5.57 Å². The molecule has 0 heterocycles. The average molecular weight is 327 g/mol. The maximum absolute atomic E-state index is 13.0. The van der Waals surface area contributed by atoms with E-state index in [-0.39, 0.29) is 5.91 Å². The normalized spacial score (nSPS) is 11.2. The van der Waals surface area contributed by atoms with Crippen LogP contribution in [0.15, 0.2) is 78.9 Å². The van der Waals surface area contributed by atoms with Crippen LogP contribution in [0.3, 0.4) is 0 Å². The van der Waals surface area contributed by atoms with Gasteiger partial charge in [0.05, 0.1) is 0 Å². The van der Waals surface area contributed by atoms with E-state index in [1.165, 1.54) is 0 Å².